The summed E-state index contributed by atoms with van der Waals surface area (Å²) in [7, 11) is 0. The first-order valence-electron chi connectivity index (χ1n) is 8.32. The first kappa shape index (κ1) is 18.5. The zero-order chi connectivity index (χ0) is 18.5. The van der Waals surface area contributed by atoms with Crippen molar-refractivity contribution in [2.24, 2.45) is 0 Å². The molecule has 1 saturated heterocycles. The standard InChI is InChI=1S/C20H19FO4S/c1-13(22)25-20-18(21)11-17(26-20)12-24-19(23)16-9-7-15(8-10-16)14-5-3-2-4-6-14/h2-10,17-18,20H,11-12H2,1H3. The number of benzene rings is 2. The van der Waals surface area contributed by atoms with Gasteiger partial charge in [0.15, 0.2) is 5.44 Å². The van der Waals surface area contributed by atoms with E-state index in [2.05, 4.69) is 0 Å². The second kappa shape index (κ2) is 8.36. The fourth-order valence-electron chi connectivity index (χ4n) is 2.75. The number of carbonyl (C=O) groups is 2. The quantitative estimate of drug-likeness (QED) is 0.733. The summed E-state index contributed by atoms with van der Waals surface area (Å²) in [4.78, 5) is 23.1. The number of carbonyl (C=O) groups excluding carboxylic acids is 2. The van der Waals surface area contributed by atoms with Crippen LogP contribution in [-0.4, -0.2) is 35.4 Å². The maximum atomic E-state index is 13.8. The first-order chi connectivity index (χ1) is 12.5. The van der Waals surface area contributed by atoms with Crippen LogP contribution in [0, 0.1) is 0 Å². The van der Waals surface area contributed by atoms with Gasteiger partial charge in [-0.3, -0.25) is 4.79 Å². The van der Waals surface area contributed by atoms with Crippen LogP contribution in [0.3, 0.4) is 0 Å². The van der Waals surface area contributed by atoms with Gasteiger partial charge in [0.2, 0.25) is 0 Å². The molecule has 2 aromatic carbocycles. The van der Waals surface area contributed by atoms with Crippen molar-refractivity contribution < 1.29 is 23.5 Å². The summed E-state index contributed by atoms with van der Waals surface area (Å²) in [5.74, 6) is -0.960. The molecule has 4 nitrogen and oxygen atoms in total. The maximum absolute atomic E-state index is 13.8. The number of rotatable bonds is 5. The summed E-state index contributed by atoms with van der Waals surface area (Å²) < 4.78 is 24.0. The molecule has 0 radical (unpaired) electrons. The number of alkyl halides is 1. The highest BCUT2D eigenvalue weighted by Gasteiger charge is 2.38. The minimum Gasteiger partial charge on any atom is -0.461 e. The van der Waals surface area contributed by atoms with Gasteiger partial charge in [-0.2, -0.15) is 0 Å². The van der Waals surface area contributed by atoms with E-state index in [4.69, 9.17) is 9.47 Å². The highest BCUT2D eigenvalue weighted by atomic mass is 32.2. The van der Waals surface area contributed by atoms with Crippen LogP contribution in [0.1, 0.15) is 23.7 Å². The second-order valence-electron chi connectivity index (χ2n) is 6.03. The predicted molar refractivity (Wildman–Crippen MR) is 98.6 cm³/mol. The molecule has 2 aromatic rings. The molecule has 0 spiro atoms. The number of thioether (sulfide) groups is 1. The van der Waals surface area contributed by atoms with E-state index in [-0.39, 0.29) is 18.3 Å². The van der Waals surface area contributed by atoms with E-state index in [1.807, 2.05) is 42.5 Å². The Kier molecular flexibility index (Phi) is 5.93. The molecule has 3 rings (SSSR count). The van der Waals surface area contributed by atoms with Crippen LogP contribution in [0.5, 0.6) is 0 Å². The number of hydrogen-bond acceptors (Lipinski definition) is 5. The summed E-state index contributed by atoms with van der Waals surface area (Å²) in [6.07, 6.45) is -1.04. The Morgan fingerprint density at radius 2 is 1.73 bits per heavy atom. The van der Waals surface area contributed by atoms with Gasteiger partial charge in [-0.1, -0.05) is 42.5 Å². The second-order valence-corrected chi connectivity index (χ2v) is 7.43. The molecule has 1 aliphatic heterocycles. The Hall–Kier alpha value is -2.34. The average Bonchev–Trinajstić information content (AvgIpc) is 2.99. The van der Waals surface area contributed by atoms with Crippen LogP contribution >= 0.6 is 11.8 Å². The van der Waals surface area contributed by atoms with Gasteiger partial charge in [-0.25, -0.2) is 9.18 Å². The van der Waals surface area contributed by atoms with Gasteiger partial charge < -0.3 is 9.47 Å². The van der Waals surface area contributed by atoms with Crippen LogP contribution in [0.2, 0.25) is 0 Å². The van der Waals surface area contributed by atoms with Gasteiger partial charge >= 0.3 is 11.9 Å². The molecule has 0 N–H and O–H groups in total. The van der Waals surface area contributed by atoms with E-state index in [0.717, 1.165) is 11.1 Å². The van der Waals surface area contributed by atoms with Crippen molar-refractivity contribution >= 4 is 23.7 Å². The van der Waals surface area contributed by atoms with Crippen molar-refractivity contribution in [1.29, 1.82) is 0 Å². The largest absolute Gasteiger partial charge is 0.461 e. The van der Waals surface area contributed by atoms with Gasteiger partial charge in [0, 0.05) is 12.2 Å². The molecular weight excluding hydrogens is 355 g/mol. The van der Waals surface area contributed by atoms with E-state index < -0.39 is 23.5 Å². The maximum Gasteiger partial charge on any atom is 0.338 e. The molecule has 6 heteroatoms. The lowest BCUT2D eigenvalue weighted by Crippen LogP contribution is -2.18. The highest BCUT2D eigenvalue weighted by molar-refractivity contribution is 8.00. The van der Waals surface area contributed by atoms with E-state index >= 15 is 0 Å². The topological polar surface area (TPSA) is 52.6 Å². The smallest absolute Gasteiger partial charge is 0.338 e. The molecule has 0 amide bonds. The van der Waals surface area contributed by atoms with Crippen molar-refractivity contribution in [2.75, 3.05) is 6.61 Å². The molecule has 1 heterocycles. The van der Waals surface area contributed by atoms with Crippen molar-refractivity contribution in [2.45, 2.75) is 30.2 Å². The number of hydrogen-bond donors (Lipinski definition) is 0. The third-order valence-corrected chi connectivity index (χ3v) is 5.39. The van der Waals surface area contributed by atoms with Gasteiger partial charge in [-0.15, -0.1) is 11.8 Å². The van der Waals surface area contributed by atoms with Gasteiger partial charge in [0.25, 0.3) is 0 Å². The van der Waals surface area contributed by atoms with Crippen LogP contribution in [0.4, 0.5) is 4.39 Å². The summed E-state index contributed by atoms with van der Waals surface area (Å²) in [5, 5.41) is -0.220. The summed E-state index contributed by atoms with van der Waals surface area (Å²) >= 11 is 1.19. The molecule has 0 aromatic heterocycles. The predicted octanol–water partition coefficient (Wildman–Crippen LogP) is 4.24. The van der Waals surface area contributed by atoms with Crippen LogP contribution in [0.15, 0.2) is 54.6 Å². The molecule has 1 fully saturated rings. The molecule has 0 aliphatic carbocycles. The number of esters is 2. The lowest BCUT2D eigenvalue weighted by molar-refractivity contribution is -0.144. The third-order valence-electron chi connectivity index (χ3n) is 4.02. The van der Waals surface area contributed by atoms with Gasteiger partial charge in [-0.05, 0) is 29.7 Å². The Labute approximate surface area is 155 Å². The molecule has 3 unspecified atom stereocenters. The fraction of sp³-hybridized carbons (Fsp3) is 0.300. The lowest BCUT2D eigenvalue weighted by Gasteiger charge is -2.12. The van der Waals surface area contributed by atoms with E-state index in [9.17, 15) is 14.0 Å². The monoisotopic (exact) mass is 374 g/mol. The van der Waals surface area contributed by atoms with Gasteiger partial charge in [0.05, 0.1) is 5.56 Å². The van der Waals surface area contributed by atoms with Gasteiger partial charge in [0.1, 0.15) is 12.8 Å². The number of halogens is 1. The SMILES string of the molecule is CC(=O)OC1SC(COC(=O)c2ccc(-c3ccccc3)cc2)CC1F. The van der Waals surface area contributed by atoms with Crippen molar-refractivity contribution in [3.63, 3.8) is 0 Å². The Bertz CT molecular complexity index is 763. The van der Waals surface area contributed by atoms with Crippen molar-refractivity contribution in [1.82, 2.24) is 0 Å². The van der Waals surface area contributed by atoms with Crippen molar-refractivity contribution in [3.8, 4) is 11.1 Å². The molecule has 26 heavy (non-hydrogen) atoms. The lowest BCUT2D eigenvalue weighted by atomic mass is 10.0. The van der Waals surface area contributed by atoms with E-state index in [1.54, 1.807) is 12.1 Å². The average molecular weight is 374 g/mol. The van der Waals surface area contributed by atoms with Crippen LogP contribution in [-0.2, 0) is 14.3 Å². The molecule has 0 saturated carbocycles. The van der Waals surface area contributed by atoms with Crippen molar-refractivity contribution in [3.05, 3.63) is 60.2 Å². The fourth-order valence-corrected chi connectivity index (χ4v) is 4.04. The number of ether oxygens (including phenoxy) is 2. The highest BCUT2D eigenvalue weighted by Crippen LogP contribution is 2.37. The van der Waals surface area contributed by atoms with E-state index in [0.29, 0.717) is 5.56 Å². The molecular formula is C20H19FO4S. The third kappa shape index (κ3) is 4.64. The molecule has 0 bridgehead atoms. The molecule has 1 aliphatic rings. The molecule has 3 atom stereocenters. The minimum absolute atomic E-state index is 0.0854. The minimum atomic E-state index is -1.24. The zero-order valence-electron chi connectivity index (χ0n) is 14.3. The van der Waals surface area contributed by atoms with Crippen LogP contribution < -0.4 is 0 Å². The normalized spacial score (nSPS) is 22.0. The summed E-state index contributed by atoms with van der Waals surface area (Å²) in [6.45, 7) is 1.34. The first-order valence-corrected chi connectivity index (χ1v) is 9.26. The summed E-state index contributed by atoms with van der Waals surface area (Å²) in [5.41, 5.74) is 1.71. The Balaban J connectivity index is 1.53. The van der Waals surface area contributed by atoms with Crippen LogP contribution in [0.25, 0.3) is 11.1 Å². The molecule has 136 valence electrons. The Morgan fingerprint density at radius 3 is 2.38 bits per heavy atom. The zero-order valence-corrected chi connectivity index (χ0v) is 15.1. The van der Waals surface area contributed by atoms with E-state index in [1.165, 1.54) is 18.7 Å². The Morgan fingerprint density at radius 1 is 1.08 bits per heavy atom. The summed E-state index contributed by atoms with van der Waals surface area (Å²) in [6, 6.07) is 17.0.